The van der Waals surface area contributed by atoms with Crippen LogP contribution in [0.4, 0.5) is 19.3 Å². The minimum absolute atomic E-state index is 0.0225. The molecule has 1 heterocycles. The van der Waals surface area contributed by atoms with Gasteiger partial charge in [0.05, 0.1) is 5.69 Å². The lowest BCUT2D eigenvalue weighted by molar-refractivity contribution is -0.131. The Morgan fingerprint density at radius 3 is 2.49 bits per heavy atom. The molecule has 1 N–H and O–H groups in total. The summed E-state index contributed by atoms with van der Waals surface area (Å²) in [5.41, 5.74) is 1.76. The van der Waals surface area contributed by atoms with E-state index in [2.05, 4.69) is 42.0 Å². The van der Waals surface area contributed by atoms with Crippen molar-refractivity contribution in [2.75, 3.05) is 51.1 Å². The molecule has 2 fully saturated rings. The number of anilines is 1. The van der Waals surface area contributed by atoms with Gasteiger partial charge in [0.2, 0.25) is 5.91 Å². The van der Waals surface area contributed by atoms with Crippen molar-refractivity contribution in [3.05, 3.63) is 41.5 Å². The summed E-state index contributed by atoms with van der Waals surface area (Å²) in [7, 11) is 0. The zero-order valence-corrected chi connectivity index (χ0v) is 24.0. The van der Waals surface area contributed by atoms with Crippen molar-refractivity contribution >= 4 is 17.6 Å². The van der Waals surface area contributed by atoms with Crippen LogP contribution in [0.2, 0.25) is 0 Å². The number of fused-ring (bicyclic) bond motifs is 1. The number of amides is 3. The van der Waals surface area contributed by atoms with Gasteiger partial charge >= 0.3 is 6.03 Å². The van der Waals surface area contributed by atoms with Gasteiger partial charge in [-0.15, -0.1) is 0 Å². The fourth-order valence-electron chi connectivity index (χ4n) is 6.43. The molecule has 1 aliphatic heterocycles. The largest absolute Gasteiger partial charge is 0.337 e. The summed E-state index contributed by atoms with van der Waals surface area (Å²) >= 11 is 0. The highest BCUT2D eigenvalue weighted by Crippen LogP contribution is 2.59. The number of halogens is 2. The Labute approximate surface area is 232 Å². The lowest BCUT2D eigenvalue weighted by Gasteiger charge is -2.57. The topological polar surface area (TPSA) is 55.9 Å². The maximum absolute atomic E-state index is 13.9. The van der Waals surface area contributed by atoms with E-state index in [9.17, 15) is 18.4 Å². The van der Waals surface area contributed by atoms with Crippen LogP contribution in [0.1, 0.15) is 72.1 Å². The molecule has 1 saturated heterocycles. The number of hydrogen-bond acceptors (Lipinski definition) is 3. The fraction of sp³-hybridized carbons (Fsp3) is 0.677. The summed E-state index contributed by atoms with van der Waals surface area (Å²) in [6.07, 6.45) is 11.1. The van der Waals surface area contributed by atoms with Gasteiger partial charge in [-0.2, -0.15) is 0 Å². The van der Waals surface area contributed by atoms with Gasteiger partial charge in [0.25, 0.3) is 0 Å². The van der Waals surface area contributed by atoms with Crippen LogP contribution in [-0.4, -0.2) is 72.5 Å². The van der Waals surface area contributed by atoms with Gasteiger partial charge < -0.3 is 15.1 Å². The van der Waals surface area contributed by atoms with E-state index in [4.69, 9.17) is 0 Å². The van der Waals surface area contributed by atoms with Gasteiger partial charge in [0.1, 0.15) is 11.6 Å². The second-order valence-corrected chi connectivity index (χ2v) is 12.2. The summed E-state index contributed by atoms with van der Waals surface area (Å²) in [6, 6.07) is 2.74. The van der Waals surface area contributed by atoms with Gasteiger partial charge in [-0.1, -0.05) is 58.1 Å². The second-order valence-electron chi connectivity index (χ2n) is 12.2. The number of nitrogens with one attached hydrogen (secondary N) is 1. The molecule has 5 rings (SSSR count). The van der Waals surface area contributed by atoms with Crippen molar-refractivity contribution in [2.24, 2.45) is 17.3 Å². The first-order chi connectivity index (χ1) is 18.7. The smallest absolute Gasteiger partial charge is 0.322 e. The first kappa shape index (κ1) is 29.5. The summed E-state index contributed by atoms with van der Waals surface area (Å²) < 4.78 is 27.1. The second kappa shape index (κ2) is 13.2. The highest BCUT2D eigenvalue weighted by Gasteiger charge is 2.51. The predicted molar refractivity (Wildman–Crippen MR) is 151 cm³/mol. The average molecular weight is 545 g/mol. The fourth-order valence-corrected chi connectivity index (χ4v) is 6.43. The number of benzene rings is 1. The van der Waals surface area contributed by atoms with Gasteiger partial charge in [0, 0.05) is 58.3 Å². The lowest BCUT2D eigenvalue weighted by atomic mass is 9.49. The Kier molecular flexibility index (Phi) is 10.0. The minimum Gasteiger partial charge on any atom is -0.337 e. The molecular formula is C31H46F2N4O2. The third-order valence-corrected chi connectivity index (χ3v) is 9.32. The predicted octanol–water partition coefficient (Wildman–Crippen LogP) is 6.30. The highest BCUT2D eigenvalue weighted by molar-refractivity contribution is 5.89. The first-order valence-corrected chi connectivity index (χ1v) is 14.9. The Balaban J connectivity index is 1.27. The van der Waals surface area contributed by atoms with Gasteiger partial charge in [-0.25, -0.2) is 13.6 Å². The van der Waals surface area contributed by atoms with Crippen LogP contribution in [0.3, 0.4) is 0 Å². The van der Waals surface area contributed by atoms with Crippen LogP contribution in [0.15, 0.2) is 29.8 Å². The highest BCUT2D eigenvalue weighted by atomic mass is 19.1. The third kappa shape index (κ3) is 7.38. The minimum atomic E-state index is -0.786. The molecule has 6 nitrogen and oxygen atoms in total. The summed E-state index contributed by atoms with van der Waals surface area (Å²) in [4.78, 5) is 32.0. The molecule has 3 amide bonds. The summed E-state index contributed by atoms with van der Waals surface area (Å²) in [5, 5.41) is 2.55. The number of carbonyl (C=O) groups is 2. The van der Waals surface area contributed by atoms with Crippen molar-refractivity contribution < 1.29 is 18.4 Å². The Morgan fingerprint density at radius 1 is 1.08 bits per heavy atom. The summed E-state index contributed by atoms with van der Waals surface area (Å²) in [6.45, 7) is 11.6. The monoisotopic (exact) mass is 544 g/mol. The molecule has 8 heteroatoms. The SMILES string of the molecule is CCCCCCCC(=O)N(CCN1CCN(C(=O)Nc2ccc(F)cc2F)CC1)CC1=CCC2CC1C2(C)C. The molecule has 216 valence electrons. The quantitative estimate of drug-likeness (QED) is 0.248. The number of urea groups is 1. The van der Waals surface area contributed by atoms with Crippen LogP contribution in [0.25, 0.3) is 0 Å². The Hall–Kier alpha value is -2.48. The van der Waals surface area contributed by atoms with E-state index < -0.39 is 11.6 Å². The number of unbranched alkanes of at least 4 members (excludes halogenated alkanes) is 4. The number of allylic oxidation sites excluding steroid dienone is 1. The number of rotatable bonds is 12. The van der Waals surface area contributed by atoms with E-state index >= 15 is 0 Å². The summed E-state index contributed by atoms with van der Waals surface area (Å²) in [5.74, 6) is 0.159. The molecular weight excluding hydrogens is 498 g/mol. The molecule has 0 spiro atoms. The van der Waals surface area contributed by atoms with Crippen molar-refractivity contribution in [1.82, 2.24) is 14.7 Å². The molecule has 2 atom stereocenters. The van der Waals surface area contributed by atoms with Crippen molar-refractivity contribution in [3.8, 4) is 0 Å². The number of carbonyl (C=O) groups excluding carboxylic acids is 2. The Morgan fingerprint density at radius 2 is 1.82 bits per heavy atom. The van der Waals surface area contributed by atoms with E-state index in [0.29, 0.717) is 50.5 Å². The lowest BCUT2D eigenvalue weighted by Crippen LogP contribution is -2.52. The molecule has 4 aliphatic rings. The average Bonchev–Trinajstić information content (AvgIpc) is 2.92. The van der Waals surface area contributed by atoms with Gasteiger partial charge in [0.15, 0.2) is 0 Å². The first-order valence-electron chi connectivity index (χ1n) is 14.9. The van der Waals surface area contributed by atoms with Crippen LogP contribution in [0, 0.1) is 28.9 Å². The Bertz CT molecular complexity index is 1040. The van der Waals surface area contributed by atoms with Gasteiger partial charge in [-0.05, 0) is 48.6 Å². The molecule has 1 aromatic rings. The van der Waals surface area contributed by atoms with Crippen LogP contribution < -0.4 is 5.32 Å². The van der Waals surface area contributed by atoms with Crippen molar-refractivity contribution in [1.29, 1.82) is 0 Å². The van der Waals surface area contributed by atoms with Gasteiger partial charge in [-0.3, -0.25) is 9.69 Å². The van der Waals surface area contributed by atoms with E-state index in [-0.39, 0.29) is 17.6 Å². The van der Waals surface area contributed by atoms with E-state index in [1.807, 2.05) is 0 Å². The van der Waals surface area contributed by atoms with E-state index in [1.165, 1.54) is 37.3 Å². The molecule has 2 unspecified atom stereocenters. The zero-order chi connectivity index (χ0) is 28.0. The van der Waals surface area contributed by atoms with Crippen molar-refractivity contribution in [2.45, 2.75) is 72.1 Å². The zero-order valence-electron chi connectivity index (χ0n) is 24.0. The van der Waals surface area contributed by atoms with Crippen molar-refractivity contribution in [3.63, 3.8) is 0 Å². The maximum Gasteiger partial charge on any atom is 0.322 e. The third-order valence-electron chi connectivity index (χ3n) is 9.32. The number of piperazine rings is 1. The maximum atomic E-state index is 13.9. The van der Waals surface area contributed by atoms with E-state index in [1.54, 1.807) is 4.90 Å². The molecule has 39 heavy (non-hydrogen) atoms. The molecule has 3 aliphatic carbocycles. The molecule has 0 radical (unpaired) electrons. The van der Waals surface area contributed by atoms with E-state index in [0.717, 1.165) is 50.4 Å². The standard InChI is InChI=1S/C31H46F2N4O2/c1-4-5-6-7-8-9-29(38)37(22-23-10-11-24-20-26(23)31(24,2)3)19-16-35-14-17-36(18-15-35)30(39)34-28-13-12-25(32)21-27(28)33/h10,12-13,21,24,26H,4-9,11,14-20,22H2,1-3H3,(H,34,39). The van der Waals surface area contributed by atoms with Crippen LogP contribution in [-0.2, 0) is 4.79 Å². The molecule has 0 aromatic heterocycles. The number of nitrogens with zero attached hydrogens (tertiary/aromatic N) is 3. The van der Waals surface area contributed by atoms with Crippen LogP contribution >= 0.6 is 0 Å². The molecule has 1 aromatic carbocycles. The van der Waals surface area contributed by atoms with Crippen LogP contribution in [0.5, 0.6) is 0 Å². The molecule has 1 saturated carbocycles. The molecule has 2 bridgehead atoms. The number of hydrogen-bond donors (Lipinski definition) is 1. The normalized spacial score (nSPS) is 22.2.